The number of hydrogen-bond donors (Lipinski definition) is 1. The summed E-state index contributed by atoms with van der Waals surface area (Å²) in [5, 5.41) is 10.7. The van der Waals surface area contributed by atoms with Crippen molar-refractivity contribution in [3.05, 3.63) is 0 Å². The zero-order valence-corrected chi connectivity index (χ0v) is 7.01. The SMILES string of the molecule is CC(C)(/C=N/O)S(C)(=O)=O. The standard InChI is InChI=1S/C5H11NO3S/c1-5(2,4-6-7)10(3,8)9/h4,7H,1-3H3/b6-4+. The van der Waals surface area contributed by atoms with Gasteiger partial charge < -0.3 is 5.21 Å². The normalized spacial score (nSPS) is 14.3. The molecule has 0 saturated heterocycles. The maximum atomic E-state index is 10.8. The van der Waals surface area contributed by atoms with Crippen LogP contribution in [-0.2, 0) is 9.84 Å². The Hall–Kier alpha value is -0.580. The Bertz CT molecular complexity index is 227. The van der Waals surface area contributed by atoms with Crippen LogP contribution in [0.3, 0.4) is 0 Å². The molecule has 0 spiro atoms. The number of hydrogen-bond acceptors (Lipinski definition) is 4. The largest absolute Gasteiger partial charge is 0.411 e. The molecule has 0 heterocycles. The Labute approximate surface area is 60.5 Å². The van der Waals surface area contributed by atoms with Crippen molar-refractivity contribution in [1.29, 1.82) is 0 Å². The third-order valence-electron chi connectivity index (χ3n) is 1.32. The maximum Gasteiger partial charge on any atom is 0.157 e. The molecular formula is C5H11NO3S. The van der Waals surface area contributed by atoms with Crippen LogP contribution in [0.15, 0.2) is 5.16 Å². The van der Waals surface area contributed by atoms with Crippen molar-refractivity contribution in [3.63, 3.8) is 0 Å². The maximum absolute atomic E-state index is 10.8. The van der Waals surface area contributed by atoms with E-state index in [0.29, 0.717) is 0 Å². The summed E-state index contributed by atoms with van der Waals surface area (Å²) in [6.07, 6.45) is 2.08. The number of nitrogens with zero attached hydrogens (tertiary/aromatic N) is 1. The molecule has 0 aliphatic carbocycles. The van der Waals surface area contributed by atoms with Crippen LogP contribution in [0.5, 0.6) is 0 Å². The molecule has 4 nitrogen and oxygen atoms in total. The van der Waals surface area contributed by atoms with E-state index in [1.54, 1.807) is 0 Å². The molecular weight excluding hydrogens is 154 g/mol. The third-order valence-corrected chi connectivity index (χ3v) is 3.34. The zero-order valence-electron chi connectivity index (χ0n) is 6.20. The van der Waals surface area contributed by atoms with Gasteiger partial charge in [-0.25, -0.2) is 8.42 Å². The van der Waals surface area contributed by atoms with Crippen LogP contribution in [0, 0.1) is 0 Å². The molecule has 0 radical (unpaired) electrons. The van der Waals surface area contributed by atoms with Gasteiger partial charge in [0.05, 0.1) is 6.21 Å². The van der Waals surface area contributed by atoms with E-state index in [4.69, 9.17) is 5.21 Å². The summed E-state index contributed by atoms with van der Waals surface area (Å²) in [6.45, 7) is 2.92. The quantitative estimate of drug-likeness (QED) is 0.363. The molecule has 0 aliphatic heterocycles. The fourth-order valence-corrected chi connectivity index (χ4v) is 0.473. The second kappa shape index (κ2) is 2.57. The molecule has 0 bridgehead atoms. The van der Waals surface area contributed by atoms with Crippen molar-refractivity contribution in [3.8, 4) is 0 Å². The molecule has 0 atom stereocenters. The molecule has 0 saturated carbocycles. The zero-order chi connectivity index (χ0) is 8.41. The van der Waals surface area contributed by atoms with Crippen molar-refractivity contribution < 1.29 is 13.6 Å². The molecule has 0 aliphatic rings. The lowest BCUT2D eigenvalue weighted by Gasteiger charge is -2.14. The second-order valence-electron chi connectivity index (χ2n) is 2.62. The Kier molecular flexibility index (Phi) is 2.42. The van der Waals surface area contributed by atoms with Gasteiger partial charge in [0.1, 0.15) is 4.75 Å². The number of oxime groups is 1. The molecule has 0 aromatic heterocycles. The Morgan fingerprint density at radius 3 is 2.00 bits per heavy atom. The molecule has 5 heteroatoms. The predicted octanol–water partition coefficient (Wildman–Crippen LogP) is 0.270. The fourth-order valence-electron chi connectivity index (χ4n) is 0.235. The van der Waals surface area contributed by atoms with Gasteiger partial charge in [-0.2, -0.15) is 0 Å². The molecule has 0 amide bonds. The minimum atomic E-state index is -3.17. The van der Waals surface area contributed by atoms with Gasteiger partial charge in [-0.15, -0.1) is 5.16 Å². The Morgan fingerprint density at radius 1 is 1.50 bits per heavy atom. The van der Waals surface area contributed by atoms with E-state index in [9.17, 15) is 8.42 Å². The Balaban J connectivity index is 4.76. The van der Waals surface area contributed by atoms with Crippen LogP contribution in [-0.4, -0.2) is 30.8 Å². The summed E-state index contributed by atoms with van der Waals surface area (Å²) in [6, 6.07) is 0. The summed E-state index contributed by atoms with van der Waals surface area (Å²) in [4.78, 5) is 0. The lowest BCUT2D eigenvalue weighted by atomic mass is 10.2. The van der Waals surface area contributed by atoms with Gasteiger partial charge in [0.15, 0.2) is 9.84 Å². The minimum absolute atomic E-state index is 0.988. The topological polar surface area (TPSA) is 66.7 Å². The van der Waals surface area contributed by atoms with E-state index in [2.05, 4.69) is 5.16 Å². The smallest absolute Gasteiger partial charge is 0.157 e. The van der Waals surface area contributed by atoms with Crippen molar-refractivity contribution in [2.45, 2.75) is 18.6 Å². The van der Waals surface area contributed by atoms with Crippen LogP contribution in [0.25, 0.3) is 0 Å². The monoisotopic (exact) mass is 165 g/mol. The summed E-state index contributed by atoms with van der Waals surface area (Å²) in [5.74, 6) is 0. The molecule has 60 valence electrons. The summed E-state index contributed by atoms with van der Waals surface area (Å²) in [7, 11) is -3.17. The molecule has 10 heavy (non-hydrogen) atoms. The lowest BCUT2D eigenvalue weighted by molar-refractivity contribution is 0.319. The first-order chi connectivity index (χ1) is 4.31. The van der Waals surface area contributed by atoms with Crippen LogP contribution in [0.2, 0.25) is 0 Å². The van der Waals surface area contributed by atoms with Crippen LogP contribution in [0.4, 0.5) is 0 Å². The average molecular weight is 165 g/mol. The second-order valence-corrected chi connectivity index (χ2v) is 5.22. The summed E-state index contributed by atoms with van der Waals surface area (Å²) in [5.41, 5.74) is 0. The third kappa shape index (κ3) is 1.98. The number of rotatable bonds is 2. The van der Waals surface area contributed by atoms with Gasteiger partial charge in [0, 0.05) is 6.26 Å². The van der Waals surface area contributed by atoms with Gasteiger partial charge in [-0.3, -0.25) is 0 Å². The van der Waals surface area contributed by atoms with Crippen LogP contribution < -0.4 is 0 Å². The van der Waals surface area contributed by atoms with Gasteiger partial charge >= 0.3 is 0 Å². The van der Waals surface area contributed by atoms with Crippen molar-refractivity contribution in [1.82, 2.24) is 0 Å². The molecule has 0 aromatic carbocycles. The predicted molar refractivity (Wildman–Crippen MR) is 39.2 cm³/mol. The first kappa shape index (κ1) is 9.42. The van der Waals surface area contributed by atoms with E-state index in [1.807, 2.05) is 0 Å². The van der Waals surface area contributed by atoms with E-state index >= 15 is 0 Å². The Morgan fingerprint density at radius 2 is 1.90 bits per heavy atom. The van der Waals surface area contributed by atoms with Crippen molar-refractivity contribution >= 4 is 16.1 Å². The molecule has 0 rings (SSSR count). The highest BCUT2D eigenvalue weighted by Crippen LogP contribution is 2.10. The fraction of sp³-hybridized carbons (Fsp3) is 0.800. The highest BCUT2D eigenvalue weighted by Gasteiger charge is 2.27. The van der Waals surface area contributed by atoms with Crippen molar-refractivity contribution in [2.75, 3.05) is 6.26 Å². The van der Waals surface area contributed by atoms with Gasteiger partial charge in [-0.05, 0) is 13.8 Å². The summed E-state index contributed by atoms with van der Waals surface area (Å²) >= 11 is 0. The van der Waals surface area contributed by atoms with Crippen LogP contribution in [0.1, 0.15) is 13.8 Å². The summed E-state index contributed by atoms with van der Waals surface area (Å²) < 4.78 is 20.6. The lowest BCUT2D eigenvalue weighted by Crippen LogP contribution is -2.32. The van der Waals surface area contributed by atoms with E-state index in [0.717, 1.165) is 12.5 Å². The van der Waals surface area contributed by atoms with Crippen molar-refractivity contribution in [2.24, 2.45) is 5.16 Å². The highest BCUT2D eigenvalue weighted by molar-refractivity contribution is 7.92. The van der Waals surface area contributed by atoms with E-state index in [-0.39, 0.29) is 0 Å². The molecule has 0 aromatic rings. The molecule has 1 N–H and O–H groups in total. The van der Waals surface area contributed by atoms with Gasteiger partial charge in [-0.1, -0.05) is 0 Å². The average Bonchev–Trinajstić information content (AvgIpc) is 1.61. The van der Waals surface area contributed by atoms with Gasteiger partial charge in [0.2, 0.25) is 0 Å². The number of sulfone groups is 1. The van der Waals surface area contributed by atoms with E-state index in [1.165, 1.54) is 13.8 Å². The minimum Gasteiger partial charge on any atom is -0.411 e. The van der Waals surface area contributed by atoms with Crippen LogP contribution >= 0.6 is 0 Å². The van der Waals surface area contributed by atoms with Gasteiger partial charge in [0.25, 0.3) is 0 Å². The highest BCUT2D eigenvalue weighted by atomic mass is 32.2. The van der Waals surface area contributed by atoms with E-state index < -0.39 is 14.6 Å². The first-order valence-corrected chi connectivity index (χ1v) is 4.58. The molecule has 0 unspecified atom stereocenters. The first-order valence-electron chi connectivity index (χ1n) is 2.69. The molecule has 0 fully saturated rings.